The first-order valence-electron chi connectivity index (χ1n) is 10.7. The van der Waals surface area contributed by atoms with Gasteiger partial charge in [-0.1, -0.05) is 24.3 Å². The summed E-state index contributed by atoms with van der Waals surface area (Å²) in [5.74, 6) is -2.33. The largest absolute Gasteiger partial charge is 0.478 e. The predicted molar refractivity (Wildman–Crippen MR) is 133 cm³/mol. The van der Waals surface area contributed by atoms with Gasteiger partial charge in [0, 0.05) is 28.9 Å². The van der Waals surface area contributed by atoms with Crippen LogP contribution in [0.1, 0.15) is 50.5 Å². The van der Waals surface area contributed by atoms with Crippen molar-refractivity contribution in [1.82, 2.24) is 5.32 Å². The van der Waals surface area contributed by atoms with Crippen molar-refractivity contribution in [2.45, 2.75) is 19.4 Å². The molecule has 9 heteroatoms. The number of anilines is 1. The van der Waals surface area contributed by atoms with Crippen LogP contribution in [0, 0.1) is 5.41 Å². The van der Waals surface area contributed by atoms with Crippen LogP contribution in [0.5, 0.6) is 0 Å². The van der Waals surface area contributed by atoms with E-state index in [-0.39, 0.29) is 34.6 Å². The minimum atomic E-state index is -1.26. The quantitative estimate of drug-likeness (QED) is 0.217. The summed E-state index contributed by atoms with van der Waals surface area (Å²) in [6.45, 7) is 3.07. The lowest BCUT2D eigenvalue weighted by molar-refractivity contribution is 0.0689. The van der Waals surface area contributed by atoms with Gasteiger partial charge in [0.25, 0.3) is 11.8 Å². The highest BCUT2D eigenvalue weighted by Gasteiger charge is 2.21. The van der Waals surface area contributed by atoms with Gasteiger partial charge in [-0.2, -0.15) is 0 Å². The Kier molecular flexibility index (Phi) is 7.31. The van der Waals surface area contributed by atoms with Crippen molar-refractivity contribution >= 4 is 29.3 Å². The lowest BCUT2D eigenvalue weighted by Crippen LogP contribution is -2.38. The zero-order valence-electron chi connectivity index (χ0n) is 19.3. The van der Waals surface area contributed by atoms with Crippen molar-refractivity contribution < 1.29 is 24.6 Å². The van der Waals surface area contributed by atoms with Crippen LogP contribution in [-0.2, 0) is 0 Å². The molecule has 0 aromatic heterocycles. The van der Waals surface area contributed by atoms with E-state index in [1.807, 2.05) is 0 Å². The van der Waals surface area contributed by atoms with Crippen LogP contribution in [0.15, 0.2) is 66.7 Å². The van der Waals surface area contributed by atoms with E-state index >= 15 is 0 Å². The predicted octanol–water partition coefficient (Wildman–Crippen LogP) is 3.09. The summed E-state index contributed by atoms with van der Waals surface area (Å²) >= 11 is 0. The Labute approximate surface area is 202 Å². The Bertz CT molecular complexity index is 1290. The number of aromatic carboxylic acids is 1. The average Bonchev–Trinajstić information content (AvgIpc) is 2.82. The maximum Gasteiger partial charge on any atom is 0.336 e. The lowest BCUT2D eigenvalue weighted by atomic mass is 9.93. The molecule has 180 valence electrons. The number of aliphatic hydroxyl groups is 1. The molecule has 0 atom stereocenters. The van der Waals surface area contributed by atoms with Gasteiger partial charge in [0.15, 0.2) is 0 Å². The number of carboxylic acids is 1. The molecule has 0 aliphatic carbocycles. The first kappa shape index (κ1) is 25.1. The van der Waals surface area contributed by atoms with Gasteiger partial charge in [-0.05, 0) is 67.4 Å². The minimum Gasteiger partial charge on any atom is -0.478 e. The van der Waals surface area contributed by atoms with Crippen LogP contribution >= 0.6 is 0 Å². The van der Waals surface area contributed by atoms with E-state index in [1.165, 1.54) is 18.2 Å². The minimum absolute atomic E-state index is 0.00755. The monoisotopic (exact) mass is 474 g/mol. The molecule has 0 saturated heterocycles. The molecule has 0 radical (unpaired) electrons. The van der Waals surface area contributed by atoms with Crippen molar-refractivity contribution in [3.8, 4) is 11.1 Å². The number of amidine groups is 1. The number of nitrogen functional groups attached to an aromatic ring is 1. The average molecular weight is 475 g/mol. The molecule has 0 aliphatic heterocycles. The number of amides is 2. The van der Waals surface area contributed by atoms with E-state index < -0.39 is 23.4 Å². The number of carbonyl (C=O) groups excluding carboxylic acids is 2. The normalized spacial score (nSPS) is 10.9. The van der Waals surface area contributed by atoms with Crippen molar-refractivity contribution in [3.05, 3.63) is 89.0 Å². The Morgan fingerprint density at radius 2 is 1.49 bits per heavy atom. The number of benzene rings is 3. The number of rotatable bonds is 8. The fraction of sp³-hybridized carbons (Fsp3) is 0.154. The van der Waals surface area contributed by atoms with Crippen molar-refractivity contribution in [2.24, 2.45) is 5.73 Å². The van der Waals surface area contributed by atoms with E-state index in [1.54, 1.807) is 62.4 Å². The van der Waals surface area contributed by atoms with Crippen molar-refractivity contribution in [2.75, 3.05) is 11.9 Å². The van der Waals surface area contributed by atoms with Crippen LogP contribution in [0.4, 0.5) is 5.69 Å². The second kappa shape index (κ2) is 10.2. The summed E-state index contributed by atoms with van der Waals surface area (Å²) in [6, 6.07) is 17.2. The highest BCUT2D eigenvalue weighted by atomic mass is 16.4. The van der Waals surface area contributed by atoms with Gasteiger partial charge < -0.3 is 26.6 Å². The van der Waals surface area contributed by atoms with E-state index in [0.717, 1.165) is 0 Å². The molecule has 3 aromatic carbocycles. The molecule has 7 N–H and O–H groups in total. The van der Waals surface area contributed by atoms with Gasteiger partial charge in [0.05, 0.1) is 11.2 Å². The molecule has 0 heterocycles. The standard InChI is InChI=1S/C26H26N4O5/c1-26(2,35)14-29-23(31)16-9-12-19(21(13-16)25(33)34)18-5-3-4-6-20(18)24(32)30-17-10-7-15(8-11-17)22(27)28/h3-13,35H,14H2,1-2H3,(H3,27,28)(H,29,31)(H,30,32)(H,33,34). The van der Waals surface area contributed by atoms with Gasteiger partial charge in [0.1, 0.15) is 5.84 Å². The van der Waals surface area contributed by atoms with Crippen LogP contribution in [0.3, 0.4) is 0 Å². The van der Waals surface area contributed by atoms with E-state index in [0.29, 0.717) is 16.8 Å². The summed E-state index contributed by atoms with van der Waals surface area (Å²) in [4.78, 5) is 37.6. The molecule has 0 aliphatic rings. The molecule has 35 heavy (non-hydrogen) atoms. The van der Waals surface area contributed by atoms with E-state index in [2.05, 4.69) is 10.6 Å². The summed E-state index contributed by atoms with van der Waals surface area (Å²) in [5.41, 5.74) is 6.19. The lowest BCUT2D eigenvalue weighted by Gasteiger charge is -2.18. The molecule has 0 bridgehead atoms. The van der Waals surface area contributed by atoms with Crippen LogP contribution in [-0.4, -0.2) is 46.0 Å². The number of nitrogens with one attached hydrogen (secondary N) is 3. The Balaban J connectivity index is 1.94. The Hall–Kier alpha value is -4.50. The molecule has 3 rings (SSSR count). The molecule has 0 spiro atoms. The molecule has 3 aromatic rings. The summed E-state index contributed by atoms with van der Waals surface area (Å²) in [7, 11) is 0. The molecular weight excluding hydrogens is 448 g/mol. The summed E-state index contributed by atoms with van der Waals surface area (Å²) in [5, 5.41) is 32.4. The van der Waals surface area contributed by atoms with Crippen molar-refractivity contribution in [3.63, 3.8) is 0 Å². The highest BCUT2D eigenvalue weighted by molar-refractivity contribution is 6.11. The highest BCUT2D eigenvalue weighted by Crippen LogP contribution is 2.29. The first-order chi connectivity index (χ1) is 16.5. The topological polar surface area (TPSA) is 166 Å². The van der Waals surface area contributed by atoms with Gasteiger partial charge >= 0.3 is 5.97 Å². The fourth-order valence-corrected chi connectivity index (χ4v) is 3.34. The van der Waals surface area contributed by atoms with Crippen molar-refractivity contribution in [1.29, 1.82) is 5.41 Å². The molecule has 0 saturated carbocycles. The Morgan fingerprint density at radius 1 is 0.886 bits per heavy atom. The number of nitrogens with two attached hydrogens (primary N) is 1. The van der Waals surface area contributed by atoms with E-state index in [9.17, 15) is 24.6 Å². The maximum absolute atomic E-state index is 13.0. The fourth-order valence-electron chi connectivity index (χ4n) is 3.34. The van der Waals surface area contributed by atoms with Gasteiger partial charge in [-0.15, -0.1) is 0 Å². The third-order valence-electron chi connectivity index (χ3n) is 5.11. The molecular formula is C26H26N4O5. The van der Waals surface area contributed by atoms with Crippen LogP contribution in [0.2, 0.25) is 0 Å². The second-order valence-electron chi connectivity index (χ2n) is 8.55. The molecule has 0 unspecified atom stereocenters. The number of hydrogen-bond donors (Lipinski definition) is 6. The number of carboxylic acid groups (broad SMARTS) is 1. The third-order valence-corrected chi connectivity index (χ3v) is 5.11. The molecule has 9 nitrogen and oxygen atoms in total. The molecule has 0 fully saturated rings. The van der Waals surface area contributed by atoms with Gasteiger partial charge in [-0.3, -0.25) is 15.0 Å². The summed E-state index contributed by atoms with van der Waals surface area (Å²) in [6.07, 6.45) is 0. The first-order valence-corrected chi connectivity index (χ1v) is 10.7. The summed E-state index contributed by atoms with van der Waals surface area (Å²) < 4.78 is 0. The SMILES string of the molecule is CC(C)(O)CNC(=O)c1ccc(-c2ccccc2C(=O)Nc2ccc(C(=N)N)cc2)c(C(=O)O)c1. The Morgan fingerprint density at radius 3 is 2.09 bits per heavy atom. The zero-order valence-corrected chi connectivity index (χ0v) is 19.3. The second-order valence-corrected chi connectivity index (χ2v) is 8.55. The number of hydrogen-bond acceptors (Lipinski definition) is 5. The van der Waals surface area contributed by atoms with E-state index in [4.69, 9.17) is 11.1 Å². The third kappa shape index (κ3) is 6.30. The van der Waals surface area contributed by atoms with Gasteiger partial charge in [-0.25, -0.2) is 4.79 Å². The number of carbonyl (C=O) groups is 3. The van der Waals surface area contributed by atoms with Crippen LogP contribution < -0.4 is 16.4 Å². The van der Waals surface area contributed by atoms with Gasteiger partial charge in [0.2, 0.25) is 0 Å². The smallest absolute Gasteiger partial charge is 0.336 e. The van der Waals surface area contributed by atoms with Crippen LogP contribution in [0.25, 0.3) is 11.1 Å². The zero-order chi connectivity index (χ0) is 25.8. The molecule has 2 amide bonds. The maximum atomic E-state index is 13.0.